The van der Waals surface area contributed by atoms with Crippen LogP contribution in [0.25, 0.3) is 0 Å². The molecule has 0 bridgehead atoms. The molecule has 0 aliphatic heterocycles. The van der Waals surface area contributed by atoms with E-state index < -0.39 is 6.10 Å². The molecule has 1 unspecified atom stereocenters. The van der Waals surface area contributed by atoms with E-state index in [4.69, 9.17) is 9.47 Å². The average molecular weight is 435 g/mol. The Morgan fingerprint density at radius 2 is 1.39 bits per heavy atom. The van der Waals surface area contributed by atoms with Crippen molar-refractivity contribution in [2.24, 2.45) is 0 Å². The summed E-state index contributed by atoms with van der Waals surface area (Å²) < 4.78 is 10.8. The highest BCUT2D eigenvalue weighted by atomic mass is 16.6. The van der Waals surface area contributed by atoms with Gasteiger partial charge in [-0.15, -0.1) is 0 Å². The van der Waals surface area contributed by atoms with Crippen molar-refractivity contribution < 1.29 is 19.4 Å². The topological polar surface area (TPSA) is 55.8 Å². The predicted molar refractivity (Wildman–Crippen MR) is 131 cm³/mol. The fraction of sp³-hybridized carbons (Fsp3) is 0.667. The van der Waals surface area contributed by atoms with Gasteiger partial charge in [0.2, 0.25) is 0 Å². The first-order valence-electron chi connectivity index (χ1n) is 12.2. The van der Waals surface area contributed by atoms with Crippen LogP contribution in [0.2, 0.25) is 0 Å². The van der Waals surface area contributed by atoms with Crippen LogP contribution < -0.4 is 0 Å². The minimum absolute atomic E-state index is 0.202. The number of carbonyl (C=O) groups excluding carboxylic acids is 1. The van der Waals surface area contributed by atoms with Crippen molar-refractivity contribution in [1.82, 2.24) is 0 Å². The van der Waals surface area contributed by atoms with Gasteiger partial charge in [-0.3, -0.25) is 4.79 Å². The van der Waals surface area contributed by atoms with Gasteiger partial charge in [0.05, 0.1) is 13.2 Å². The van der Waals surface area contributed by atoms with Crippen molar-refractivity contribution in [2.75, 3.05) is 19.8 Å². The summed E-state index contributed by atoms with van der Waals surface area (Å²) in [7, 11) is 0. The zero-order valence-corrected chi connectivity index (χ0v) is 20.0. The fourth-order valence-corrected chi connectivity index (χ4v) is 2.87. The number of aliphatic hydroxyl groups is 1. The highest BCUT2D eigenvalue weighted by molar-refractivity contribution is 5.69. The van der Waals surface area contributed by atoms with E-state index in [1.54, 1.807) is 0 Å². The monoisotopic (exact) mass is 434 g/mol. The van der Waals surface area contributed by atoms with Crippen molar-refractivity contribution in [3.05, 3.63) is 48.6 Å². The number of aliphatic hydroxyl groups excluding tert-OH is 1. The summed E-state index contributed by atoms with van der Waals surface area (Å²) in [4.78, 5) is 11.9. The second kappa shape index (κ2) is 24.6. The molecule has 31 heavy (non-hydrogen) atoms. The van der Waals surface area contributed by atoms with Gasteiger partial charge in [-0.05, 0) is 38.5 Å². The van der Waals surface area contributed by atoms with Crippen LogP contribution in [-0.4, -0.2) is 37.0 Å². The molecule has 0 spiro atoms. The van der Waals surface area contributed by atoms with Gasteiger partial charge in [-0.25, -0.2) is 0 Å². The Labute approximate surface area is 191 Å². The minimum Gasteiger partial charge on any atom is -0.457 e. The Balaban J connectivity index is 3.69. The number of allylic oxidation sites excluding steroid dienone is 8. The second-order valence-corrected chi connectivity index (χ2v) is 7.68. The summed E-state index contributed by atoms with van der Waals surface area (Å²) >= 11 is 0. The Morgan fingerprint density at radius 1 is 0.806 bits per heavy atom. The molecule has 1 N–H and O–H groups in total. The van der Waals surface area contributed by atoms with Gasteiger partial charge in [0, 0.05) is 13.0 Å². The number of hydrogen-bond donors (Lipinski definition) is 1. The van der Waals surface area contributed by atoms with Gasteiger partial charge in [0.25, 0.3) is 0 Å². The molecule has 0 radical (unpaired) electrons. The molecule has 0 fully saturated rings. The largest absolute Gasteiger partial charge is 0.457 e. The molecule has 0 aliphatic carbocycles. The van der Waals surface area contributed by atoms with Gasteiger partial charge in [-0.2, -0.15) is 0 Å². The zero-order chi connectivity index (χ0) is 22.8. The number of esters is 1. The summed E-state index contributed by atoms with van der Waals surface area (Å²) in [5.74, 6) is -0.287. The van der Waals surface area contributed by atoms with Crippen LogP contribution in [0.15, 0.2) is 48.6 Å². The van der Waals surface area contributed by atoms with E-state index >= 15 is 0 Å². The molecule has 0 saturated carbocycles. The standard InChI is InChI=1S/C27H46O4/c1-3-5-7-9-11-12-13-14-15-16-17-18-20-22-27(29)31-26(24-28)25-30-23-21-19-10-8-6-4-2/h5,7,11-12,14-15,17-18,26,28H,3-4,6,8-10,13,16,19-25H2,1-2H3/b7-5-,12-11-,15-14-,18-17-. The SMILES string of the molecule is CC/C=C\C/C=C\C/C=C\C/C=C\CCC(=O)OC(CO)COCCCCCCCC. The van der Waals surface area contributed by atoms with Crippen LogP contribution >= 0.6 is 0 Å². The first-order valence-corrected chi connectivity index (χ1v) is 12.2. The van der Waals surface area contributed by atoms with Crippen LogP contribution in [-0.2, 0) is 14.3 Å². The van der Waals surface area contributed by atoms with Crippen LogP contribution in [0.1, 0.15) is 90.9 Å². The van der Waals surface area contributed by atoms with E-state index in [1.165, 1.54) is 32.1 Å². The molecule has 0 rings (SSSR count). The maximum atomic E-state index is 11.9. The number of ether oxygens (including phenoxy) is 2. The third kappa shape index (κ3) is 22.9. The molecule has 0 aromatic carbocycles. The number of hydrogen-bond acceptors (Lipinski definition) is 4. The van der Waals surface area contributed by atoms with Crippen molar-refractivity contribution >= 4 is 5.97 Å². The lowest BCUT2D eigenvalue weighted by molar-refractivity contribution is -0.154. The molecule has 178 valence electrons. The van der Waals surface area contributed by atoms with E-state index in [-0.39, 0.29) is 19.2 Å². The minimum atomic E-state index is -0.565. The van der Waals surface area contributed by atoms with E-state index in [1.807, 2.05) is 6.08 Å². The Morgan fingerprint density at radius 3 is 2.00 bits per heavy atom. The van der Waals surface area contributed by atoms with E-state index in [9.17, 15) is 9.90 Å². The molecule has 0 heterocycles. The van der Waals surface area contributed by atoms with Gasteiger partial charge >= 0.3 is 5.97 Å². The predicted octanol–water partition coefficient (Wildman–Crippen LogP) is 6.85. The molecule has 0 amide bonds. The van der Waals surface area contributed by atoms with Gasteiger partial charge < -0.3 is 14.6 Å². The molecular formula is C27H46O4. The summed E-state index contributed by atoms with van der Waals surface area (Å²) in [6.45, 7) is 5.07. The Bertz CT molecular complexity index is 505. The maximum absolute atomic E-state index is 11.9. The zero-order valence-electron chi connectivity index (χ0n) is 20.0. The number of carbonyl (C=O) groups is 1. The third-order valence-corrected chi connectivity index (χ3v) is 4.68. The lowest BCUT2D eigenvalue weighted by Crippen LogP contribution is -2.27. The first-order chi connectivity index (χ1) is 15.2. The van der Waals surface area contributed by atoms with Crippen molar-refractivity contribution in [3.63, 3.8) is 0 Å². The Hall–Kier alpha value is -1.65. The first kappa shape index (κ1) is 29.4. The van der Waals surface area contributed by atoms with Crippen molar-refractivity contribution in [2.45, 2.75) is 97.0 Å². The van der Waals surface area contributed by atoms with Crippen molar-refractivity contribution in [3.8, 4) is 0 Å². The molecular weight excluding hydrogens is 388 g/mol. The third-order valence-electron chi connectivity index (χ3n) is 4.68. The molecule has 0 aliphatic rings. The molecule has 1 atom stereocenters. The van der Waals surface area contributed by atoms with Gasteiger partial charge in [0.1, 0.15) is 6.10 Å². The van der Waals surface area contributed by atoms with Gasteiger partial charge in [0.15, 0.2) is 0 Å². The molecule has 0 saturated heterocycles. The van der Waals surface area contributed by atoms with Gasteiger partial charge in [-0.1, -0.05) is 94.6 Å². The van der Waals surface area contributed by atoms with Crippen LogP contribution in [0.3, 0.4) is 0 Å². The highest BCUT2D eigenvalue weighted by Crippen LogP contribution is 2.06. The average Bonchev–Trinajstić information content (AvgIpc) is 2.77. The molecule has 4 heteroatoms. The highest BCUT2D eigenvalue weighted by Gasteiger charge is 2.13. The second-order valence-electron chi connectivity index (χ2n) is 7.68. The number of unbranched alkanes of at least 4 members (excludes halogenated alkanes) is 5. The summed E-state index contributed by atoms with van der Waals surface area (Å²) in [6, 6.07) is 0. The summed E-state index contributed by atoms with van der Waals surface area (Å²) in [5, 5.41) is 9.37. The molecule has 0 aromatic heterocycles. The molecule has 0 aromatic rings. The summed E-state index contributed by atoms with van der Waals surface area (Å²) in [6.07, 6.45) is 28.6. The van der Waals surface area contributed by atoms with Crippen LogP contribution in [0.5, 0.6) is 0 Å². The normalized spacial score (nSPS) is 13.3. The maximum Gasteiger partial charge on any atom is 0.306 e. The smallest absolute Gasteiger partial charge is 0.306 e. The van der Waals surface area contributed by atoms with Crippen molar-refractivity contribution in [1.29, 1.82) is 0 Å². The fourth-order valence-electron chi connectivity index (χ4n) is 2.87. The number of rotatable bonds is 21. The Kier molecular flexibility index (Phi) is 23.3. The lowest BCUT2D eigenvalue weighted by Gasteiger charge is -2.15. The summed E-state index contributed by atoms with van der Waals surface area (Å²) in [5.41, 5.74) is 0. The quantitative estimate of drug-likeness (QED) is 0.122. The lowest BCUT2D eigenvalue weighted by atomic mass is 10.1. The van der Waals surface area contributed by atoms with Crippen LogP contribution in [0.4, 0.5) is 0 Å². The molecule has 4 nitrogen and oxygen atoms in total. The van der Waals surface area contributed by atoms with Crippen LogP contribution in [0, 0.1) is 0 Å². The van der Waals surface area contributed by atoms with E-state index in [0.29, 0.717) is 19.4 Å². The van der Waals surface area contributed by atoms with E-state index in [0.717, 1.165) is 32.1 Å². The van der Waals surface area contributed by atoms with E-state index in [2.05, 4.69) is 56.4 Å².